The van der Waals surface area contributed by atoms with Crippen molar-refractivity contribution in [3.8, 4) is 5.69 Å². The lowest BCUT2D eigenvalue weighted by molar-refractivity contribution is 0.518. The summed E-state index contributed by atoms with van der Waals surface area (Å²) in [5, 5.41) is 8.15. The molecule has 1 aromatic heterocycles. The topological polar surface area (TPSA) is 67.2 Å². The molecule has 0 aliphatic carbocycles. The van der Waals surface area contributed by atoms with Crippen molar-refractivity contribution in [3.05, 3.63) is 77.6 Å². The average molecular weight is 413 g/mol. The summed E-state index contributed by atoms with van der Waals surface area (Å²) in [6.45, 7) is 5.31. The van der Waals surface area contributed by atoms with E-state index in [1.54, 1.807) is 26.2 Å². The third-order valence-corrected chi connectivity index (χ3v) is 6.67. The monoisotopic (exact) mass is 412 g/mol. The maximum absolute atomic E-state index is 12.6. The molecule has 29 heavy (non-hydrogen) atoms. The Balaban J connectivity index is 1.79. The van der Waals surface area contributed by atoms with Crippen LogP contribution in [0.1, 0.15) is 36.6 Å². The molecule has 0 amide bonds. The molecule has 2 aromatic carbocycles. The van der Waals surface area contributed by atoms with Crippen molar-refractivity contribution < 1.29 is 8.42 Å². The predicted molar refractivity (Wildman–Crippen MR) is 116 cm³/mol. The van der Waals surface area contributed by atoms with Crippen LogP contribution >= 0.6 is 0 Å². The van der Waals surface area contributed by atoms with Crippen molar-refractivity contribution in [2.24, 2.45) is 0 Å². The van der Waals surface area contributed by atoms with Crippen molar-refractivity contribution in [1.29, 1.82) is 0 Å². The molecule has 0 atom stereocenters. The summed E-state index contributed by atoms with van der Waals surface area (Å²) in [5.41, 5.74) is 3.91. The van der Waals surface area contributed by atoms with E-state index < -0.39 is 10.0 Å². The number of para-hydroxylation sites is 1. The SMILES string of the molecule is CC(C)c1nn(-c2ccccc2)cc1CNCc1ccccc1S(=O)(=O)N(C)C. The van der Waals surface area contributed by atoms with Crippen LogP contribution in [0.25, 0.3) is 5.69 Å². The van der Waals surface area contributed by atoms with E-state index in [0.717, 1.165) is 22.5 Å². The summed E-state index contributed by atoms with van der Waals surface area (Å²) >= 11 is 0. The molecular weight excluding hydrogens is 384 g/mol. The highest BCUT2D eigenvalue weighted by atomic mass is 32.2. The van der Waals surface area contributed by atoms with Crippen molar-refractivity contribution in [2.75, 3.05) is 14.1 Å². The molecule has 0 radical (unpaired) electrons. The van der Waals surface area contributed by atoms with Crippen molar-refractivity contribution in [1.82, 2.24) is 19.4 Å². The van der Waals surface area contributed by atoms with E-state index >= 15 is 0 Å². The van der Waals surface area contributed by atoms with Crippen LogP contribution < -0.4 is 5.32 Å². The minimum Gasteiger partial charge on any atom is -0.308 e. The van der Waals surface area contributed by atoms with Gasteiger partial charge < -0.3 is 5.32 Å². The minimum absolute atomic E-state index is 0.290. The second-order valence-electron chi connectivity index (χ2n) is 7.47. The van der Waals surface area contributed by atoms with Crippen LogP contribution in [0.15, 0.2) is 65.7 Å². The number of benzene rings is 2. The molecule has 0 aliphatic rings. The van der Waals surface area contributed by atoms with Gasteiger partial charge >= 0.3 is 0 Å². The molecule has 0 spiro atoms. The molecule has 154 valence electrons. The van der Waals surface area contributed by atoms with E-state index in [2.05, 4.69) is 19.2 Å². The van der Waals surface area contributed by atoms with E-state index in [0.29, 0.717) is 18.0 Å². The smallest absolute Gasteiger partial charge is 0.242 e. The molecular formula is C22H28N4O2S. The van der Waals surface area contributed by atoms with Crippen LogP contribution in [-0.4, -0.2) is 36.6 Å². The van der Waals surface area contributed by atoms with Crippen molar-refractivity contribution in [3.63, 3.8) is 0 Å². The first kappa shape index (κ1) is 21.2. The number of aromatic nitrogens is 2. The number of hydrogen-bond acceptors (Lipinski definition) is 4. The van der Waals surface area contributed by atoms with Gasteiger partial charge in [-0.25, -0.2) is 17.4 Å². The van der Waals surface area contributed by atoms with E-state index in [9.17, 15) is 8.42 Å². The van der Waals surface area contributed by atoms with Crippen molar-refractivity contribution in [2.45, 2.75) is 37.8 Å². The number of rotatable bonds is 8. The summed E-state index contributed by atoms with van der Waals surface area (Å²) < 4.78 is 28.3. The molecule has 0 bridgehead atoms. The Hall–Kier alpha value is -2.48. The van der Waals surface area contributed by atoms with E-state index in [4.69, 9.17) is 5.10 Å². The highest BCUT2D eigenvalue weighted by molar-refractivity contribution is 7.89. The molecule has 0 aliphatic heterocycles. The normalized spacial score (nSPS) is 12.1. The largest absolute Gasteiger partial charge is 0.308 e. The number of hydrogen-bond donors (Lipinski definition) is 1. The fourth-order valence-corrected chi connectivity index (χ4v) is 4.30. The Morgan fingerprint density at radius 3 is 2.24 bits per heavy atom. The molecule has 3 rings (SSSR count). The highest BCUT2D eigenvalue weighted by Crippen LogP contribution is 2.21. The lowest BCUT2D eigenvalue weighted by Gasteiger charge is -2.15. The lowest BCUT2D eigenvalue weighted by Crippen LogP contribution is -2.24. The summed E-state index contributed by atoms with van der Waals surface area (Å²) in [5.74, 6) is 0.290. The Labute approximate surface area is 173 Å². The molecule has 0 fully saturated rings. The zero-order valence-corrected chi connectivity index (χ0v) is 18.1. The second-order valence-corrected chi connectivity index (χ2v) is 9.59. The number of nitrogens with one attached hydrogen (secondary N) is 1. The predicted octanol–water partition coefficient (Wildman–Crippen LogP) is 3.54. The number of sulfonamides is 1. The standard InChI is InChI=1S/C22H28N4O2S/c1-17(2)22-19(16-26(24-22)20-11-6-5-7-12-20)15-23-14-18-10-8-9-13-21(18)29(27,28)25(3)4/h5-13,16-17,23H,14-15H2,1-4H3. The summed E-state index contributed by atoms with van der Waals surface area (Å²) in [7, 11) is -0.383. The van der Waals surface area contributed by atoms with Gasteiger partial charge in [-0.2, -0.15) is 5.10 Å². The van der Waals surface area contributed by atoms with Gasteiger partial charge in [0, 0.05) is 38.9 Å². The maximum atomic E-state index is 12.6. The Bertz CT molecular complexity index is 1060. The van der Waals surface area contributed by atoms with Gasteiger partial charge in [0.05, 0.1) is 16.3 Å². The minimum atomic E-state index is -3.48. The Kier molecular flexibility index (Phi) is 6.52. The summed E-state index contributed by atoms with van der Waals surface area (Å²) in [6, 6.07) is 17.1. The van der Waals surface area contributed by atoms with Gasteiger partial charge in [0.15, 0.2) is 0 Å². The van der Waals surface area contributed by atoms with Crippen LogP contribution in [0.2, 0.25) is 0 Å². The maximum Gasteiger partial charge on any atom is 0.242 e. The van der Waals surface area contributed by atoms with Crippen LogP contribution in [0, 0.1) is 0 Å². The van der Waals surface area contributed by atoms with Gasteiger partial charge in [-0.1, -0.05) is 50.2 Å². The first-order valence-corrected chi connectivity index (χ1v) is 11.1. The average Bonchev–Trinajstić information content (AvgIpc) is 3.13. The zero-order chi connectivity index (χ0) is 21.0. The van der Waals surface area contributed by atoms with Gasteiger partial charge in [0.2, 0.25) is 10.0 Å². The third-order valence-electron chi connectivity index (χ3n) is 4.75. The summed E-state index contributed by atoms with van der Waals surface area (Å²) in [6.07, 6.45) is 2.04. The molecule has 1 heterocycles. The molecule has 7 heteroatoms. The van der Waals surface area contributed by atoms with Crippen LogP contribution in [0.3, 0.4) is 0 Å². The van der Waals surface area contributed by atoms with Crippen LogP contribution in [0.5, 0.6) is 0 Å². The Morgan fingerprint density at radius 1 is 0.966 bits per heavy atom. The van der Waals surface area contributed by atoms with Crippen LogP contribution in [-0.2, 0) is 23.1 Å². The highest BCUT2D eigenvalue weighted by Gasteiger charge is 2.20. The molecule has 0 saturated carbocycles. The number of nitrogens with zero attached hydrogens (tertiary/aromatic N) is 3. The molecule has 6 nitrogen and oxygen atoms in total. The van der Waals surface area contributed by atoms with E-state index in [1.165, 1.54) is 4.31 Å². The zero-order valence-electron chi connectivity index (χ0n) is 17.3. The fourth-order valence-electron chi connectivity index (χ4n) is 3.19. The second kappa shape index (κ2) is 8.90. The molecule has 0 unspecified atom stereocenters. The van der Waals surface area contributed by atoms with E-state index in [1.807, 2.05) is 53.3 Å². The third kappa shape index (κ3) is 4.75. The van der Waals surface area contributed by atoms with Gasteiger partial charge in [0.1, 0.15) is 0 Å². The lowest BCUT2D eigenvalue weighted by atomic mass is 10.1. The Morgan fingerprint density at radius 2 is 1.59 bits per heavy atom. The molecule has 3 aromatic rings. The fraction of sp³-hybridized carbons (Fsp3) is 0.318. The van der Waals surface area contributed by atoms with Gasteiger partial charge in [-0.15, -0.1) is 0 Å². The quantitative estimate of drug-likeness (QED) is 0.615. The van der Waals surface area contributed by atoms with Crippen molar-refractivity contribution >= 4 is 10.0 Å². The summed E-state index contributed by atoms with van der Waals surface area (Å²) in [4.78, 5) is 0.335. The molecule has 0 saturated heterocycles. The van der Waals surface area contributed by atoms with Gasteiger partial charge in [0.25, 0.3) is 0 Å². The van der Waals surface area contributed by atoms with E-state index in [-0.39, 0.29) is 5.92 Å². The molecule has 1 N–H and O–H groups in total. The van der Waals surface area contributed by atoms with Gasteiger partial charge in [-0.3, -0.25) is 0 Å². The van der Waals surface area contributed by atoms with Crippen LogP contribution in [0.4, 0.5) is 0 Å². The first-order valence-electron chi connectivity index (χ1n) is 9.65. The first-order chi connectivity index (χ1) is 13.8. The van der Waals surface area contributed by atoms with Gasteiger partial charge in [-0.05, 0) is 29.7 Å².